The summed E-state index contributed by atoms with van der Waals surface area (Å²) in [5.41, 5.74) is 1.00. The Morgan fingerprint density at radius 2 is 1.25 bits per heavy atom. The van der Waals surface area contributed by atoms with Crippen molar-refractivity contribution in [2.75, 3.05) is 0 Å². The molecule has 0 atom stereocenters. The van der Waals surface area contributed by atoms with E-state index in [0.717, 1.165) is 10.0 Å². The first-order valence-corrected chi connectivity index (χ1v) is 11.0. The Morgan fingerprint density at radius 1 is 0.792 bits per heavy atom. The van der Waals surface area contributed by atoms with Crippen LogP contribution >= 0.6 is 15.9 Å². The third-order valence-corrected chi connectivity index (χ3v) is 8.20. The lowest BCUT2D eigenvalue weighted by Gasteiger charge is -2.30. The predicted molar refractivity (Wildman–Crippen MR) is 108 cm³/mol. The number of benzene rings is 3. The summed E-state index contributed by atoms with van der Waals surface area (Å²) in [6.45, 7) is 6.41. The van der Waals surface area contributed by atoms with Crippen LogP contribution in [-0.2, 0) is 4.43 Å². The maximum absolute atomic E-state index is 6.57. The quantitative estimate of drug-likeness (QED) is 0.444. The molecule has 0 unspecified atom stereocenters. The van der Waals surface area contributed by atoms with Crippen molar-refractivity contribution in [1.29, 1.82) is 0 Å². The van der Waals surface area contributed by atoms with E-state index >= 15 is 0 Å². The van der Waals surface area contributed by atoms with Gasteiger partial charge in [0.2, 0.25) is 0 Å². The van der Waals surface area contributed by atoms with Crippen LogP contribution in [0.25, 0.3) is 5.76 Å². The Hall–Kier alpha value is -2.10. The molecule has 0 fully saturated rings. The second-order valence-corrected chi connectivity index (χ2v) is 10.1. The average molecular weight is 395 g/mol. The largest absolute Gasteiger partial charge is 0.535 e. The molecule has 0 saturated carbocycles. The van der Waals surface area contributed by atoms with Crippen LogP contribution in [0.4, 0.5) is 0 Å². The molecule has 0 amide bonds. The molecule has 3 rings (SSSR count). The van der Waals surface area contributed by atoms with Gasteiger partial charge in [-0.2, -0.15) is 0 Å². The highest BCUT2D eigenvalue weighted by Crippen LogP contribution is 2.21. The van der Waals surface area contributed by atoms with Crippen molar-refractivity contribution in [1.82, 2.24) is 0 Å². The van der Waals surface area contributed by atoms with E-state index in [0.29, 0.717) is 5.76 Å². The first kappa shape index (κ1) is 16.7. The van der Waals surface area contributed by atoms with Gasteiger partial charge >= 0.3 is 8.32 Å². The molecule has 0 saturated heterocycles. The van der Waals surface area contributed by atoms with Crippen LogP contribution in [0.1, 0.15) is 5.56 Å². The topological polar surface area (TPSA) is 9.23 Å². The highest BCUT2D eigenvalue weighted by molar-refractivity contribution is 9.10. The summed E-state index contributed by atoms with van der Waals surface area (Å²) in [6, 6.07) is 29.0. The minimum atomic E-state index is -2.37. The predicted octanol–water partition coefficient (Wildman–Crippen LogP) is 4.83. The van der Waals surface area contributed by atoms with Gasteiger partial charge < -0.3 is 4.43 Å². The van der Waals surface area contributed by atoms with Crippen LogP contribution in [0.5, 0.6) is 0 Å². The molecule has 120 valence electrons. The number of rotatable bonds is 5. The first-order chi connectivity index (χ1) is 11.6. The monoisotopic (exact) mass is 394 g/mol. The molecule has 0 heterocycles. The minimum absolute atomic E-state index is 0.712. The van der Waals surface area contributed by atoms with Gasteiger partial charge in [0.25, 0.3) is 0 Å². The average Bonchev–Trinajstić information content (AvgIpc) is 2.63. The van der Waals surface area contributed by atoms with Gasteiger partial charge in [-0.25, -0.2) is 0 Å². The minimum Gasteiger partial charge on any atom is -0.535 e. The molecule has 3 aromatic rings. The molecule has 1 nitrogen and oxygen atoms in total. The molecule has 0 aliphatic rings. The molecule has 0 aliphatic carbocycles. The maximum Gasteiger partial charge on any atom is 0.311 e. The summed E-state index contributed by atoms with van der Waals surface area (Å²) in [5, 5.41) is 2.46. The van der Waals surface area contributed by atoms with Gasteiger partial charge in [0, 0.05) is 10.0 Å². The highest BCUT2D eigenvalue weighted by Gasteiger charge is 2.36. The summed E-state index contributed by atoms with van der Waals surface area (Å²) in [4.78, 5) is 0. The third kappa shape index (κ3) is 3.52. The van der Waals surface area contributed by atoms with Crippen LogP contribution in [0.2, 0.25) is 6.55 Å². The van der Waals surface area contributed by atoms with Crippen molar-refractivity contribution >= 4 is 40.4 Å². The van der Waals surface area contributed by atoms with Crippen LogP contribution in [-0.4, -0.2) is 8.32 Å². The summed E-state index contributed by atoms with van der Waals surface area (Å²) in [7, 11) is -2.37. The molecule has 0 spiro atoms. The highest BCUT2D eigenvalue weighted by atomic mass is 79.9. The lowest BCUT2D eigenvalue weighted by atomic mass is 10.2. The third-order valence-electron chi connectivity index (χ3n) is 4.14. The Morgan fingerprint density at radius 3 is 1.71 bits per heavy atom. The van der Waals surface area contributed by atoms with Crippen molar-refractivity contribution in [3.05, 3.63) is 102 Å². The molecule has 3 heteroatoms. The van der Waals surface area contributed by atoms with Gasteiger partial charge in [0.05, 0.1) is 0 Å². The second-order valence-electron chi connectivity index (χ2n) is 5.80. The van der Waals surface area contributed by atoms with Crippen LogP contribution in [0.15, 0.2) is 96.0 Å². The van der Waals surface area contributed by atoms with Gasteiger partial charge in [-0.15, -0.1) is 0 Å². The summed E-state index contributed by atoms with van der Waals surface area (Å²) in [5.74, 6) is 0.712. The van der Waals surface area contributed by atoms with Crippen LogP contribution in [0, 0.1) is 0 Å². The molecule has 0 N–H and O–H groups in total. The number of hydrogen-bond acceptors (Lipinski definition) is 1. The van der Waals surface area contributed by atoms with Crippen molar-refractivity contribution in [2.45, 2.75) is 6.55 Å². The molecule has 0 aliphatic heterocycles. The Labute approximate surface area is 152 Å². The van der Waals surface area contributed by atoms with E-state index in [4.69, 9.17) is 4.43 Å². The summed E-state index contributed by atoms with van der Waals surface area (Å²) < 4.78 is 7.61. The maximum atomic E-state index is 6.57. The van der Waals surface area contributed by atoms with Gasteiger partial charge in [-0.3, -0.25) is 0 Å². The molecular weight excluding hydrogens is 376 g/mol. The van der Waals surface area contributed by atoms with Crippen LogP contribution in [0.3, 0.4) is 0 Å². The van der Waals surface area contributed by atoms with Crippen molar-refractivity contribution < 1.29 is 4.43 Å². The lowest BCUT2D eigenvalue weighted by molar-refractivity contribution is 0.529. The fraction of sp³-hybridized carbons (Fsp3) is 0.0476. The molecule has 0 bridgehead atoms. The van der Waals surface area contributed by atoms with Gasteiger partial charge in [0.15, 0.2) is 0 Å². The van der Waals surface area contributed by atoms with Gasteiger partial charge in [-0.05, 0) is 29.1 Å². The molecule has 24 heavy (non-hydrogen) atoms. The van der Waals surface area contributed by atoms with Crippen molar-refractivity contribution in [2.24, 2.45) is 0 Å². The second kappa shape index (κ2) is 7.20. The molecule has 3 aromatic carbocycles. The standard InChI is InChI=1S/C21H19BrOSi/c1-17(18-13-15-19(22)16-14-18)23-24(2,20-9-5-3-6-10-20)21-11-7-4-8-12-21/h3-16H,1H2,2H3. The Bertz CT molecular complexity index is 774. The molecule has 0 radical (unpaired) electrons. The zero-order valence-corrected chi connectivity index (χ0v) is 16.2. The first-order valence-electron chi connectivity index (χ1n) is 7.84. The van der Waals surface area contributed by atoms with Gasteiger partial charge in [-0.1, -0.05) is 95.3 Å². The van der Waals surface area contributed by atoms with Crippen molar-refractivity contribution in [3.63, 3.8) is 0 Å². The van der Waals surface area contributed by atoms with E-state index in [9.17, 15) is 0 Å². The van der Waals surface area contributed by atoms with E-state index in [1.54, 1.807) is 0 Å². The summed E-state index contributed by atoms with van der Waals surface area (Å²) in [6.07, 6.45) is 0. The lowest BCUT2D eigenvalue weighted by Crippen LogP contribution is -2.57. The Kier molecular flexibility index (Phi) is 5.02. The van der Waals surface area contributed by atoms with E-state index in [1.165, 1.54) is 10.4 Å². The summed E-state index contributed by atoms with van der Waals surface area (Å²) >= 11 is 3.47. The number of hydrogen-bond donors (Lipinski definition) is 0. The smallest absolute Gasteiger partial charge is 0.311 e. The van der Waals surface area contributed by atoms with E-state index in [-0.39, 0.29) is 0 Å². The zero-order valence-electron chi connectivity index (χ0n) is 13.6. The van der Waals surface area contributed by atoms with E-state index in [1.807, 2.05) is 36.4 Å². The van der Waals surface area contributed by atoms with Crippen molar-refractivity contribution in [3.8, 4) is 0 Å². The van der Waals surface area contributed by atoms with E-state index in [2.05, 4.69) is 77.6 Å². The molecule has 0 aromatic heterocycles. The zero-order chi connectivity index (χ0) is 17.0. The van der Waals surface area contributed by atoms with Gasteiger partial charge in [0.1, 0.15) is 5.76 Å². The van der Waals surface area contributed by atoms with E-state index < -0.39 is 8.32 Å². The molecular formula is C21H19BrOSi. The SMILES string of the molecule is C=C(O[Si](C)(c1ccccc1)c1ccccc1)c1ccc(Br)cc1. The number of halogens is 1. The fourth-order valence-electron chi connectivity index (χ4n) is 2.74. The van der Waals surface area contributed by atoms with Crippen LogP contribution < -0.4 is 10.4 Å². The fourth-order valence-corrected chi connectivity index (χ4v) is 5.84. The Balaban J connectivity index is 2.00. The normalized spacial score (nSPS) is 11.1.